The highest BCUT2D eigenvalue weighted by molar-refractivity contribution is 5.83. The first-order valence-corrected chi connectivity index (χ1v) is 6.94. The maximum Gasteiger partial charge on any atom is 0.146 e. The molecule has 3 rings (SSSR count). The van der Waals surface area contributed by atoms with Crippen molar-refractivity contribution < 1.29 is 0 Å². The third-order valence-electron chi connectivity index (χ3n) is 3.41. The number of pyridine rings is 1. The summed E-state index contributed by atoms with van der Waals surface area (Å²) in [6.07, 6.45) is 1.83. The number of para-hydroxylation sites is 1. The van der Waals surface area contributed by atoms with E-state index >= 15 is 0 Å². The third-order valence-corrected chi connectivity index (χ3v) is 3.41. The second-order valence-corrected chi connectivity index (χ2v) is 5.12. The normalized spacial score (nSPS) is 11.1. The van der Waals surface area contributed by atoms with Crippen LogP contribution in [0.5, 0.6) is 0 Å². The molecule has 1 aromatic heterocycles. The standard InChI is InChI=1S/C18H17N3/c1-13-7-8-16(14(2)11-13)12-19-21-18-10-9-15-5-3-4-6-17(15)20-18/h3-12H,1-2H3,(H,20,21). The van der Waals surface area contributed by atoms with Crippen LogP contribution in [0.15, 0.2) is 59.7 Å². The van der Waals surface area contributed by atoms with Crippen molar-refractivity contribution in [2.45, 2.75) is 13.8 Å². The van der Waals surface area contributed by atoms with Crippen LogP contribution in [0.1, 0.15) is 16.7 Å². The molecule has 3 aromatic rings. The summed E-state index contributed by atoms with van der Waals surface area (Å²) < 4.78 is 0. The number of hydrazone groups is 1. The summed E-state index contributed by atoms with van der Waals surface area (Å²) in [5, 5.41) is 5.40. The van der Waals surface area contributed by atoms with Crippen LogP contribution in [0.25, 0.3) is 10.9 Å². The van der Waals surface area contributed by atoms with Crippen LogP contribution in [-0.4, -0.2) is 11.2 Å². The molecule has 1 heterocycles. The number of rotatable bonds is 3. The Morgan fingerprint density at radius 1 is 1.00 bits per heavy atom. The van der Waals surface area contributed by atoms with Gasteiger partial charge in [0.05, 0.1) is 11.7 Å². The number of hydrogen-bond donors (Lipinski definition) is 1. The highest BCUT2D eigenvalue weighted by atomic mass is 15.3. The molecular weight excluding hydrogens is 258 g/mol. The average molecular weight is 275 g/mol. The Morgan fingerprint density at radius 3 is 2.71 bits per heavy atom. The summed E-state index contributed by atoms with van der Waals surface area (Å²) in [5.74, 6) is 0.745. The van der Waals surface area contributed by atoms with Gasteiger partial charge in [-0.05, 0) is 43.2 Å². The van der Waals surface area contributed by atoms with Gasteiger partial charge in [0, 0.05) is 5.39 Å². The Labute approximate surface area is 124 Å². The molecule has 0 bridgehead atoms. The number of nitrogens with one attached hydrogen (secondary N) is 1. The fraction of sp³-hybridized carbons (Fsp3) is 0.111. The maximum absolute atomic E-state index is 4.52. The number of hydrogen-bond acceptors (Lipinski definition) is 3. The number of aromatic nitrogens is 1. The molecule has 0 saturated heterocycles. The molecule has 3 nitrogen and oxygen atoms in total. The van der Waals surface area contributed by atoms with Gasteiger partial charge < -0.3 is 0 Å². The second-order valence-electron chi connectivity index (χ2n) is 5.12. The molecule has 21 heavy (non-hydrogen) atoms. The molecule has 0 fully saturated rings. The summed E-state index contributed by atoms with van der Waals surface area (Å²) in [4.78, 5) is 4.52. The third kappa shape index (κ3) is 3.08. The second kappa shape index (κ2) is 5.75. The number of aryl methyl sites for hydroxylation is 2. The molecule has 3 heteroatoms. The van der Waals surface area contributed by atoms with Crippen LogP contribution in [0, 0.1) is 13.8 Å². The number of fused-ring (bicyclic) bond motifs is 1. The van der Waals surface area contributed by atoms with Gasteiger partial charge in [-0.1, -0.05) is 42.0 Å². The van der Waals surface area contributed by atoms with Crippen LogP contribution >= 0.6 is 0 Å². The van der Waals surface area contributed by atoms with E-state index in [0.29, 0.717) is 0 Å². The van der Waals surface area contributed by atoms with Crippen molar-refractivity contribution in [2.75, 3.05) is 5.43 Å². The van der Waals surface area contributed by atoms with Gasteiger partial charge in [0.15, 0.2) is 0 Å². The van der Waals surface area contributed by atoms with Gasteiger partial charge in [-0.25, -0.2) is 4.98 Å². The minimum absolute atomic E-state index is 0.745. The lowest BCUT2D eigenvalue weighted by Crippen LogP contribution is -1.95. The Morgan fingerprint density at radius 2 is 1.86 bits per heavy atom. The Balaban J connectivity index is 1.77. The monoisotopic (exact) mass is 275 g/mol. The summed E-state index contributed by atoms with van der Waals surface area (Å²) in [5.41, 5.74) is 7.53. The minimum atomic E-state index is 0.745. The summed E-state index contributed by atoms with van der Waals surface area (Å²) in [6.45, 7) is 4.17. The predicted octanol–water partition coefficient (Wildman–Crippen LogP) is 4.30. The molecule has 0 unspecified atom stereocenters. The van der Waals surface area contributed by atoms with E-state index in [-0.39, 0.29) is 0 Å². The Bertz CT molecular complexity index is 806. The average Bonchev–Trinajstić information content (AvgIpc) is 2.49. The summed E-state index contributed by atoms with van der Waals surface area (Å²) in [7, 11) is 0. The van der Waals surface area contributed by atoms with Gasteiger partial charge in [-0.15, -0.1) is 0 Å². The molecule has 1 N–H and O–H groups in total. The van der Waals surface area contributed by atoms with Crippen molar-refractivity contribution in [2.24, 2.45) is 5.10 Å². The zero-order chi connectivity index (χ0) is 14.7. The van der Waals surface area contributed by atoms with E-state index in [4.69, 9.17) is 0 Å². The van der Waals surface area contributed by atoms with Crippen LogP contribution in [0.2, 0.25) is 0 Å². The molecule has 0 aliphatic heterocycles. The molecule has 0 spiro atoms. The number of nitrogens with zero attached hydrogens (tertiary/aromatic N) is 2. The first-order valence-electron chi connectivity index (χ1n) is 6.94. The smallest absolute Gasteiger partial charge is 0.146 e. The molecule has 0 radical (unpaired) electrons. The largest absolute Gasteiger partial charge is 0.261 e. The van der Waals surface area contributed by atoms with Crippen LogP contribution in [0.3, 0.4) is 0 Å². The van der Waals surface area contributed by atoms with Crippen molar-refractivity contribution in [3.8, 4) is 0 Å². The lowest BCUT2D eigenvalue weighted by atomic mass is 10.1. The van der Waals surface area contributed by atoms with E-state index in [1.54, 1.807) is 0 Å². The van der Waals surface area contributed by atoms with Gasteiger partial charge in [-0.3, -0.25) is 5.43 Å². The van der Waals surface area contributed by atoms with Crippen LogP contribution in [0.4, 0.5) is 5.82 Å². The SMILES string of the molecule is Cc1ccc(C=NNc2ccc3ccccc3n2)c(C)c1. The van der Waals surface area contributed by atoms with Crippen molar-refractivity contribution in [3.05, 3.63) is 71.3 Å². The van der Waals surface area contributed by atoms with Gasteiger partial charge in [0.1, 0.15) is 5.82 Å². The molecule has 0 aliphatic rings. The predicted molar refractivity (Wildman–Crippen MR) is 88.9 cm³/mol. The molecule has 0 aliphatic carbocycles. The minimum Gasteiger partial charge on any atom is -0.261 e. The van der Waals surface area contributed by atoms with Crippen molar-refractivity contribution in [1.82, 2.24) is 4.98 Å². The van der Waals surface area contributed by atoms with E-state index in [2.05, 4.69) is 47.6 Å². The van der Waals surface area contributed by atoms with E-state index in [9.17, 15) is 0 Å². The lowest BCUT2D eigenvalue weighted by molar-refractivity contribution is 1.26. The first kappa shape index (κ1) is 13.3. The zero-order valence-electron chi connectivity index (χ0n) is 12.2. The fourth-order valence-corrected chi connectivity index (χ4v) is 2.27. The van der Waals surface area contributed by atoms with Crippen molar-refractivity contribution in [1.29, 1.82) is 0 Å². The topological polar surface area (TPSA) is 37.3 Å². The van der Waals surface area contributed by atoms with Crippen molar-refractivity contribution in [3.63, 3.8) is 0 Å². The molecule has 0 saturated carbocycles. The van der Waals surface area contributed by atoms with E-state index in [1.165, 1.54) is 11.1 Å². The molecule has 2 aromatic carbocycles. The van der Waals surface area contributed by atoms with E-state index in [0.717, 1.165) is 22.3 Å². The summed E-state index contributed by atoms with van der Waals surface area (Å²) in [6, 6.07) is 18.3. The van der Waals surface area contributed by atoms with Gasteiger partial charge in [0.25, 0.3) is 0 Å². The quantitative estimate of drug-likeness (QED) is 0.571. The van der Waals surface area contributed by atoms with E-state index < -0.39 is 0 Å². The number of benzene rings is 2. The highest BCUT2D eigenvalue weighted by Gasteiger charge is 1.97. The molecule has 104 valence electrons. The molecular formula is C18H17N3. The summed E-state index contributed by atoms with van der Waals surface area (Å²) >= 11 is 0. The highest BCUT2D eigenvalue weighted by Crippen LogP contribution is 2.14. The van der Waals surface area contributed by atoms with Crippen molar-refractivity contribution >= 4 is 22.9 Å². The lowest BCUT2D eigenvalue weighted by Gasteiger charge is -2.03. The fourth-order valence-electron chi connectivity index (χ4n) is 2.27. The molecule has 0 amide bonds. The first-order chi connectivity index (χ1) is 10.2. The van der Waals surface area contributed by atoms with Gasteiger partial charge in [-0.2, -0.15) is 5.10 Å². The van der Waals surface area contributed by atoms with Gasteiger partial charge >= 0.3 is 0 Å². The maximum atomic E-state index is 4.52. The Hall–Kier alpha value is -2.68. The zero-order valence-corrected chi connectivity index (χ0v) is 12.2. The van der Waals surface area contributed by atoms with Crippen LogP contribution < -0.4 is 5.43 Å². The Kier molecular flexibility index (Phi) is 3.65. The number of anilines is 1. The van der Waals surface area contributed by atoms with Crippen LogP contribution in [-0.2, 0) is 0 Å². The molecule has 0 atom stereocenters. The van der Waals surface area contributed by atoms with Gasteiger partial charge in [0.2, 0.25) is 0 Å². The van der Waals surface area contributed by atoms with E-state index in [1.807, 2.05) is 42.6 Å².